The Hall–Kier alpha value is -1.40. The van der Waals surface area contributed by atoms with E-state index in [0.29, 0.717) is 19.8 Å². The van der Waals surface area contributed by atoms with E-state index in [1.165, 1.54) is 5.06 Å². The molecule has 1 amide bonds. The molecule has 2 aliphatic rings. The van der Waals surface area contributed by atoms with Gasteiger partial charge in [0.25, 0.3) is 5.91 Å². The van der Waals surface area contributed by atoms with Crippen molar-refractivity contribution in [2.75, 3.05) is 19.8 Å². The Labute approximate surface area is 112 Å². The molecule has 6 heteroatoms. The molecule has 0 unspecified atom stereocenters. The van der Waals surface area contributed by atoms with Gasteiger partial charge in [-0.1, -0.05) is 0 Å². The van der Waals surface area contributed by atoms with Crippen LogP contribution >= 0.6 is 0 Å². The summed E-state index contributed by atoms with van der Waals surface area (Å²) in [6.45, 7) is 4.75. The lowest BCUT2D eigenvalue weighted by Gasteiger charge is -2.23. The fourth-order valence-corrected chi connectivity index (χ4v) is 2.79. The molecule has 2 aliphatic heterocycles. The van der Waals surface area contributed by atoms with Crippen LogP contribution in [-0.4, -0.2) is 40.5 Å². The molecule has 2 fully saturated rings. The summed E-state index contributed by atoms with van der Waals surface area (Å²) in [7, 11) is 0. The van der Waals surface area contributed by atoms with Crippen molar-refractivity contribution in [3.63, 3.8) is 0 Å². The van der Waals surface area contributed by atoms with Gasteiger partial charge in [-0.15, -0.1) is 0 Å². The number of carbonyl (C=O) groups is 1. The van der Waals surface area contributed by atoms with Crippen molar-refractivity contribution >= 4 is 5.91 Å². The van der Waals surface area contributed by atoms with Gasteiger partial charge in [-0.2, -0.15) is 5.10 Å². The van der Waals surface area contributed by atoms with E-state index in [0.717, 1.165) is 25.1 Å². The molecule has 2 atom stereocenters. The van der Waals surface area contributed by atoms with E-state index in [9.17, 15) is 4.79 Å². The molecule has 3 rings (SSSR count). The Balaban J connectivity index is 1.79. The largest absolute Gasteiger partial charge is 0.371 e. The Morgan fingerprint density at radius 1 is 1.53 bits per heavy atom. The van der Waals surface area contributed by atoms with Crippen LogP contribution in [0.2, 0.25) is 0 Å². The maximum Gasteiger partial charge on any atom is 0.252 e. The van der Waals surface area contributed by atoms with E-state index >= 15 is 0 Å². The van der Waals surface area contributed by atoms with Crippen LogP contribution < -0.4 is 0 Å². The summed E-state index contributed by atoms with van der Waals surface area (Å²) in [6, 6.07) is 1.94. The number of ether oxygens (including phenoxy) is 1. The van der Waals surface area contributed by atoms with Crippen LogP contribution in [0, 0.1) is 5.92 Å². The summed E-state index contributed by atoms with van der Waals surface area (Å²) in [5.74, 6) is -0.107. The van der Waals surface area contributed by atoms with Crippen molar-refractivity contribution in [1.82, 2.24) is 14.8 Å². The van der Waals surface area contributed by atoms with Crippen molar-refractivity contribution in [2.24, 2.45) is 5.92 Å². The van der Waals surface area contributed by atoms with Crippen molar-refractivity contribution in [1.29, 1.82) is 0 Å². The molecule has 104 valence electrons. The van der Waals surface area contributed by atoms with Gasteiger partial charge in [-0.3, -0.25) is 14.3 Å². The van der Waals surface area contributed by atoms with E-state index in [1.54, 1.807) is 6.20 Å². The van der Waals surface area contributed by atoms with Crippen LogP contribution in [0.3, 0.4) is 0 Å². The molecule has 2 saturated heterocycles. The van der Waals surface area contributed by atoms with E-state index in [4.69, 9.17) is 9.57 Å². The fraction of sp³-hybridized carbons (Fsp3) is 0.692. The lowest BCUT2D eigenvalue weighted by Crippen LogP contribution is -2.34. The maximum absolute atomic E-state index is 12.4. The molecule has 0 bridgehead atoms. The number of hydroxylamine groups is 2. The third-order valence-electron chi connectivity index (χ3n) is 3.75. The highest BCUT2D eigenvalue weighted by atomic mass is 16.7. The van der Waals surface area contributed by atoms with Crippen molar-refractivity contribution in [2.45, 2.75) is 32.4 Å². The third-order valence-corrected chi connectivity index (χ3v) is 3.75. The van der Waals surface area contributed by atoms with Gasteiger partial charge in [0.1, 0.15) is 6.10 Å². The Morgan fingerprint density at radius 3 is 3.16 bits per heavy atom. The summed E-state index contributed by atoms with van der Waals surface area (Å²) >= 11 is 0. The zero-order valence-corrected chi connectivity index (χ0v) is 11.1. The predicted octanol–water partition coefficient (Wildman–Crippen LogP) is 1.14. The lowest BCUT2D eigenvalue weighted by molar-refractivity contribution is -0.175. The van der Waals surface area contributed by atoms with Crippen LogP contribution in [0.15, 0.2) is 12.3 Å². The van der Waals surface area contributed by atoms with Crippen LogP contribution in [0.5, 0.6) is 0 Å². The smallest absolute Gasteiger partial charge is 0.252 e. The summed E-state index contributed by atoms with van der Waals surface area (Å²) in [4.78, 5) is 17.8. The Kier molecular flexibility index (Phi) is 3.52. The van der Waals surface area contributed by atoms with Crippen LogP contribution in [0.4, 0.5) is 0 Å². The Bertz CT molecular complexity index is 454. The number of carbonyl (C=O) groups excluding carboxylic acids is 1. The number of amides is 1. The number of nitrogens with zero attached hydrogens (tertiary/aromatic N) is 3. The molecule has 6 nitrogen and oxygen atoms in total. The number of rotatable bonds is 3. The molecular formula is C13H19N3O3. The molecule has 0 spiro atoms. The molecule has 0 N–H and O–H groups in total. The monoisotopic (exact) mass is 265 g/mol. The second-order valence-electron chi connectivity index (χ2n) is 4.89. The van der Waals surface area contributed by atoms with Crippen LogP contribution in [-0.2, 0) is 20.9 Å². The van der Waals surface area contributed by atoms with Gasteiger partial charge in [0.2, 0.25) is 0 Å². The second kappa shape index (κ2) is 5.30. The normalized spacial score (nSPS) is 27.1. The molecule has 0 radical (unpaired) electrons. The van der Waals surface area contributed by atoms with Crippen molar-refractivity contribution in [3.05, 3.63) is 18.0 Å². The molecule has 1 aromatic rings. The van der Waals surface area contributed by atoms with Crippen LogP contribution in [0.25, 0.3) is 0 Å². The summed E-state index contributed by atoms with van der Waals surface area (Å²) < 4.78 is 7.66. The first-order valence-electron chi connectivity index (χ1n) is 6.89. The number of aromatic nitrogens is 2. The molecule has 19 heavy (non-hydrogen) atoms. The lowest BCUT2D eigenvalue weighted by atomic mass is 9.98. The van der Waals surface area contributed by atoms with Gasteiger partial charge < -0.3 is 4.74 Å². The first-order chi connectivity index (χ1) is 9.31. The predicted molar refractivity (Wildman–Crippen MR) is 67.0 cm³/mol. The second-order valence-corrected chi connectivity index (χ2v) is 4.89. The maximum atomic E-state index is 12.4. The number of hydrogen-bond acceptors (Lipinski definition) is 4. The number of aryl methyl sites for hydroxylation is 1. The van der Waals surface area contributed by atoms with Gasteiger partial charge >= 0.3 is 0 Å². The Morgan fingerprint density at radius 2 is 2.42 bits per heavy atom. The quantitative estimate of drug-likeness (QED) is 0.822. The highest BCUT2D eigenvalue weighted by Crippen LogP contribution is 2.36. The zero-order chi connectivity index (χ0) is 13.2. The van der Waals surface area contributed by atoms with Gasteiger partial charge in [0.05, 0.1) is 24.8 Å². The van der Waals surface area contributed by atoms with E-state index < -0.39 is 0 Å². The van der Waals surface area contributed by atoms with E-state index in [-0.39, 0.29) is 17.9 Å². The third kappa shape index (κ3) is 2.26. The minimum Gasteiger partial charge on any atom is -0.371 e. The SMILES string of the molecule is CCn1nccc1[C@@H]1OCC[C@H]1C(=O)N1CCCO1. The van der Waals surface area contributed by atoms with Crippen molar-refractivity contribution < 1.29 is 14.4 Å². The van der Waals surface area contributed by atoms with Crippen molar-refractivity contribution in [3.8, 4) is 0 Å². The average molecular weight is 265 g/mol. The standard InChI is InChI=1S/C13H19N3O3/c1-2-15-11(4-6-14-15)12-10(5-9-18-12)13(17)16-7-3-8-19-16/h4,6,10,12H,2-3,5,7-9H2,1H3/t10-,12-/m1/s1. The zero-order valence-electron chi connectivity index (χ0n) is 11.1. The van der Waals surface area contributed by atoms with Gasteiger partial charge in [-0.25, -0.2) is 5.06 Å². The minimum atomic E-state index is -0.195. The van der Waals surface area contributed by atoms with Crippen LogP contribution in [0.1, 0.15) is 31.6 Å². The van der Waals surface area contributed by atoms with Gasteiger partial charge in [0, 0.05) is 19.3 Å². The molecule has 0 aliphatic carbocycles. The van der Waals surface area contributed by atoms with Gasteiger partial charge in [-0.05, 0) is 25.8 Å². The summed E-state index contributed by atoms with van der Waals surface area (Å²) in [5.41, 5.74) is 0.984. The molecule has 1 aromatic heterocycles. The summed E-state index contributed by atoms with van der Waals surface area (Å²) in [6.07, 6.45) is 3.22. The first-order valence-corrected chi connectivity index (χ1v) is 6.89. The first kappa shape index (κ1) is 12.6. The van der Waals surface area contributed by atoms with E-state index in [1.807, 2.05) is 17.7 Å². The molecule has 3 heterocycles. The van der Waals surface area contributed by atoms with E-state index in [2.05, 4.69) is 5.10 Å². The minimum absolute atomic E-state index is 0.0452. The fourth-order valence-electron chi connectivity index (χ4n) is 2.79. The highest BCUT2D eigenvalue weighted by molar-refractivity contribution is 5.79. The highest BCUT2D eigenvalue weighted by Gasteiger charge is 2.40. The molecular weight excluding hydrogens is 246 g/mol. The van der Waals surface area contributed by atoms with Gasteiger partial charge in [0.15, 0.2) is 0 Å². The average Bonchev–Trinajstić information content (AvgIpc) is 3.16. The summed E-state index contributed by atoms with van der Waals surface area (Å²) in [5, 5.41) is 5.75. The topological polar surface area (TPSA) is 56.6 Å². The molecule has 0 aromatic carbocycles. The number of hydrogen-bond donors (Lipinski definition) is 0. The molecule has 0 saturated carbocycles.